The van der Waals surface area contributed by atoms with Crippen LogP contribution in [0, 0.1) is 17.8 Å². The molecule has 2 aromatic rings. The molecule has 1 spiro atoms. The largest absolute Gasteiger partial charge is 0.354 e. The number of anilines is 2. The van der Waals surface area contributed by atoms with Gasteiger partial charge in [0.25, 0.3) is 0 Å². The Morgan fingerprint density at radius 3 is 2.74 bits per heavy atom. The second-order valence-electron chi connectivity index (χ2n) is 11.3. The molecular weight excluding hydrogens is 504 g/mol. The molecule has 8 heteroatoms. The minimum absolute atomic E-state index is 0.208. The van der Waals surface area contributed by atoms with Crippen molar-refractivity contribution in [1.82, 2.24) is 20.7 Å². The molecule has 184 valence electrons. The van der Waals surface area contributed by atoms with Crippen molar-refractivity contribution in [1.29, 1.82) is 0 Å². The lowest BCUT2D eigenvalue weighted by Crippen LogP contribution is -2.44. The average molecular weight is 538 g/mol. The molecule has 35 heavy (non-hydrogen) atoms. The quantitative estimate of drug-likeness (QED) is 0.558. The highest BCUT2D eigenvalue weighted by Crippen LogP contribution is 2.65. The highest BCUT2D eigenvalue weighted by atomic mass is 79.9. The van der Waals surface area contributed by atoms with E-state index in [2.05, 4.69) is 73.3 Å². The standard InChI is InChI=1S/C27H33BrN6O/c1-33-8-10-34(11-9-33)24-7-3-17(15-29-24)25-19-5-2-16(12-23(19)31-32-25)21-14-27(21)20-13-18(28)4-6-22(20)30-26(27)35/h3-4,6-7,13,15-16,19,21,23,25,31-32H,2,5,8-12,14H2,1H3,(H,30,35)/t16?,19?,21-,23?,25?,27-/m0/s1. The Morgan fingerprint density at radius 2 is 1.94 bits per heavy atom. The van der Waals surface area contributed by atoms with E-state index in [1.807, 2.05) is 12.1 Å². The van der Waals surface area contributed by atoms with Gasteiger partial charge in [-0.3, -0.25) is 10.2 Å². The van der Waals surface area contributed by atoms with E-state index in [9.17, 15) is 4.79 Å². The summed E-state index contributed by atoms with van der Waals surface area (Å²) in [5.41, 5.74) is 10.4. The van der Waals surface area contributed by atoms with E-state index >= 15 is 0 Å². The van der Waals surface area contributed by atoms with Crippen molar-refractivity contribution in [2.75, 3.05) is 43.4 Å². The van der Waals surface area contributed by atoms with Crippen LogP contribution in [0.3, 0.4) is 0 Å². The summed E-state index contributed by atoms with van der Waals surface area (Å²) in [6.07, 6.45) is 6.56. The molecule has 2 aliphatic carbocycles. The molecule has 3 aliphatic heterocycles. The first-order chi connectivity index (χ1) is 17.0. The number of nitrogens with one attached hydrogen (secondary N) is 3. The number of benzene rings is 1. The lowest BCUT2D eigenvalue weighted by Gasteiger charge is -2.34. The van der Waals surface area contributed by atoms with Crippen LogP contribution in [0.5, 0.6) is 0 Å². The number of aromatic nitrogens is 1. The number of likely N-dealkylation sites (N-methyl/N-ethyl adjacent to an activating group) is 1. The van der Waals surface area contributed by atoms with Crippen molar-refractivity contribution in [2.45, 2.75) is 43.2 Å². The van der Waals surface area contributed by atoms with E-state index in [-0.39, 0.29) is 11.3 Å². The van der Waals surface area contributed by atoms with E-state index in [1.54, 1.807) is 0 Å². The molecule has 3 N–H and O–H groups in total. The number of carbonyl (C=O) groups excluding carboxylic acids is 1. The number of amides is 1. The molecule has 4 fully saturated rings. The van der Waals surface area contributed by atoms with E-state index in [0.29, 0.717) is 29.8 Å². The van der Waals surface area contributed by atoms with Gasteiger partial charge in [0.15, 0.2) is 0 Å². The van der Waals surface area contributed by atoms with Gasteiger partial charge >= 0.3 is 0 Å². The summed E-state index contributed by atoms with van der Waals surface area (Å²) in [6, 6.07) is 11.4. The van der Waals surface area contributed by atoms with Gasteiger partial charge < -0.3 is 15.1 Å². The van der Waals surface area contributed by atoms with Gasteiger partial charge in [0.1, 0.15) is 5.82 Å². The first-order valence-corrected chi connectivity index (χ1v) is 13.8. The first-order valence-electron chi connectivity index (χ1n) is 13.0. The van der Waals surface area contributed by atoms with E-state index in [4.69, 9.17) is 4.98 Å². The van der Waals surface area contributed by atoms with Crippen molar-refractivity contribution in [3.63, 3.8) is 0 Å². The van der Waals surface area contributed by atoms with Gasteiger partial charge in [-0.1, -0.05) is 22.0 Å². The highest BCUT2D eigenvalue weighted by Gasteiger charge is 2.67. The lowest BCUT2D eigenvalue weighted by atomic mass is 9.72. The van der Waals surface area contributed by atoms with Gasteiger partial charge in [0.2, 0.25) is 5.91 Å². The van der Waals surface area contributed by atoms with Gasteiger partial charge in [0, 0.05) is 48.6 Å². The lowest BCUT2D eigenvalue weighted by molar-refractivity contribution is -0.118. The van der Waals surface area contributed by atoms with Gasteiger partial charge in [-0.2, -0.15) is 0 Å². The molecule has 2 saturated carbocycles. The molecule has 7 nitrogen and oxygen atoms in total. The Kier molecular flexibility index (Phi) is 5.25. The Hall–Kier alpha value is -2.00. The predicted octanol–water partition coefficient (Wildman–Crippen LogP) is 3.44. The second kappa shape index (κ2) is 8.26. The number of fused-ring (bicyclic) bond motifs is 3. The fourth-order valence-electron chi connectivity index (χ4n) is 7.37. The zero-order valence-corrected chi connectivity index (χ0v) is 21.7. The van der Waals surface area contributed by atoms with Crippen molar-refractivity contribution in [3.05, 3.63) is 52.1 Å². The molecule has 0 bridgehead atoms. The Bertz CT molecular complexity index is 1150. The number of hydrogen-bond donors (Lipinski definition) is 3. The number of nitrogens with zero attached hydrogens (tertiary/aromatic N) is 3. The summed E-state index contributed by atoms with van der Waals surface area (Å²) in [6.45, 7) is 4.27. The van der Waals surface area contributed by atoms with Crippen LogP contribution in [-0.4, -0.2) is 55.1 Å². The average Bonchev–Trinajstić information content (AvgIpc) is 3.40. The minimum Gasteiger partial charge on any atom is -0.354 e. The van der Waals surface area contributed by atoms with Crippen LogP contribution < -0.4 is 21.1 Å². The van der Waals surface area contributed by atoms with Crippen molar-refractivity contribution < 1.29 is 4.79 Å². The summed E-state index contributed by atoms with van der Waals surface area (Å²) in [5.74, 6) is 2.90. The molecule has 6 atom stereocenters. The maximum Gasteiger partial charge on any atom is 0.235 e. The van der Waals surface area contributed by atoms with Crippen LogP contribution in [-0.2, 0) is 10.2 Å². The summed E-state index contributed by atoms with van der Waals surface area (Å²) >= 11 is 3.61. The third kappa shape index (κ3) is 3.56. The molecule has 1 aromatic heterocycles. The monoisotopic (exact) mass is 536 g/mol. The van der Waals surface area contributed by atoms with Gasteiger partial charge in [-0.05, 0) is 85.9 Å². The summed E-state index contributed by atoms with van der Waals surface area (Å²) < 4.78 is 1.05. The number of rotatable bonds is 3. The van der Waals surface area contributed by atoms with Gasteiger partial charge in [-0.25, -0.2) is 10.4 Å². The van der Waals surface area contributed by atoms with E-state index in [1.165, 1.54) is 24.0 Å². The van der Waals surface area contributed by atoms with Crippen LogP contribution in [0.2, 0.25) is 0 Å². The highest BCUT2D eigenvalue weighted by molar-refractivity contribution is 9.10. The summed E-state index contributed by atoms with van der Waals surface area (Å²) in [4.78, 5) is 22.6. The molecular formula is C27H33BrN6O. The topological polar surface area (TPSA) is 72.5 Å². The maximum atomic E-state index is 13.0. The molecule has 0 radical (unpaired) electrons. The van der Waals surface area contributed by atoms with Crippen molar-refractivity contribution in [3.8, 4) is 0 Å². The molecule has 4 unspecified atom stereocenters. The van der Waals surface area contributed by atoms with Crippen molar-refractivity contribution >= 4 is 33.3 Å². The molecule has 1 aromatic carbocycles. The SMILES string of the molecule is CN1CCN(c2ccc(C3NNC4CC([C@@H]5C[C@@]56C(=O)Nc5ccc(Br)cc56)CCC43)cn2)CC1. The number of halogens is 1. The van der Waals surface area contributed by atoms with E-state index in [0.717, 1.165) is 55.0 Å². The maximum absolute atomic E-state index is 13.0. The third-order valence-corrected chi connectivity index (χ3v) is 9.95. The van der Waals surface area contributed by atoms with Crippen LogP contribution in [0.1, 0.15) is 42.9 Å². The molecule has 5 aliphatic rings. The van der Waals surface area contributed by atoms with Gasteiger partial charge in [0.05, 0.1) is 11.5 Å². The Balaban J connectivity index is 1.03. The first kappa shape index (κ1) is 22.2. The summed E-state index contributed by atoms with van der Waals surface area (Å²) in [7, 11) is 2.18. The number of piperazine rings is 1. The number of hydrogen-bond acceptors (Lipinski definition) is 6. The third-order valence-electron chi connectivity index (χ3n) is 9.45. The van der Waals surface area contributed by atoms with Crippen molar-refractivity contribution in [2.24, 2.45) is 17.8 Å². The number of pyridine rings is 1. The van der Waals surface area contributed by atoms with Crippen LogP contribution in [0.15, 0.2) is 41.0 Å². The minimum atomic E-state index is -0.301. The molecule has 2 saturated heterocycles. The Morgan fingerprint density at radius 1 is 1.09 bits per heavy atom. The fourth-order valence-corrected chi connectivity index (χ4v) is 7.73. The number of hydrazine groups is 1. The normalized spacial score (nSPS) is 36.2. The zero-order valence-electron chi connectivity index (χ0n) is 20.1. The van der Waals surface area contributed by atoms with E-state index < -0.39 is 0 Å². The van der Waals surface area contributed by atoms with Gasteiger partial charge in [-0.15, -0.1) is 0 Å². The zero-order chi connectivity index (χ0) is 23.7. The fraction of sp³-hybridized carbons (Fsp3) is 0.556. The smallest absolute Gasteiger partial charge is 0.235 e. The number of carbonyl (C=O) groups is 1. The molecule has 4 heterocycles. The van der Waals surface area contributed by atoms with Crippen LogP contribution in [0.25, 0.3) is 0 Å². The molecule has 7 rings (SSSR count). The predicted molar refractivity (Wildman–Crippen MR) is 140 cm³/mol. The Labute approximate surface area is 215 Å². The second-order valence-corrected chi connectivity index (χ2v) is 12.2. The summed E-state index contributed by atoms with van der Waals surface area (Å²) in [5, 5.41) is 3.15. The van der Waals surface area contributed by atoms with Crippen LogP contribution >= 0.6 is 15.9 Å². The molecule has 1 amide bonds. The van der Waals surface area contributed by atoms with Crippen LogP contribution in [0.4, 0.5) is 11.5 Å².